The van der Waals surface area contributed by atoms with Gasteiger partial charge < -0.3 is 4.74 Å². The van der Waals surface area contributed by atoms with Crippen LogP contribution in [0, 0.1) is 28.6 Å². The average Bonchev–Trinajstić information content (AvgIpc) is 2.80. The maximum atomic E-state index is 11.5. The van der Waals surface area contributed by atoms with Gasteiger partial charge in [0.15, 0.2) is 0 Å². The molecule has 0 spiro atoms. The Labute approximate surface area is 129 Å². The van der Waals surface area contributed by atoms with Crippen molar-refractivity contribution in [1.29, 1.82) is 0 Å². The summed E-state index contributed by atoms with van der Waals surface area (Å²) < 4.78 is 5.54. The number of hydrogen-bond acceptors (Lipinski definition) is 2. The molecule has 0 aromatic heterocycles. The molecule has 0 saturated heterocycles. The lowest BCUT2D eigenvalue weighted by Crippen LogP contribution is -2.38. The zero-order chi connectivity index (χ0) is 15.3. The molecule has 0 radical (unpaired) electrons. The van der Waals surface area contributed by atoms with Gasteiger partial charge in [-0.3, -0.25) is 0 Å². The minimum Gasteiger partial charge on any atom is -0.459 e. The first kappa shape index (κ1) is 15.1. The summed E-state index contributed by atoms with van der Waals surface area (Å²) >= 11 is 0. The summed E-state index contributed by atoms with van der Waals surface area (Å²) in [5.74, 6) is 2.23. The third-order valence-corrected chi connectivity index (χ3v) is 7.55. The molecule has 118 valence electrons. The van der Waals surface area contributed by atoms with Gasteiger partial charge in [-0.05, 0) is 73.5 Å². The average molecular weight is 290 g/mol. The van der Waals surface area contributed by atoms with Gasteiger partial charge in [0.05, 0.1) is 0 Å². The van der Waals surface area contributed by atoms with Crippen molar-refractivity contribution in [1.82, 2.24) is 0 Å². The first-order chi connectivity index (χ1) is 9.88. The van der Waals surface area contributed by atoms with Crippen LogP contribution >= 0.6 is 0 Å². The van der Waals surface area contributed by atoms with Crippen LogP contribution in [0.2, 0.25) is 0 Å². The number of fused-ring (bicyclic) bond motifs is 2. The molecule has 0 heterocycles. The van der Waals surface area contributed by atoms with Crippen LogP contribution < -0.4 is 0 Å². The monoisotopic (exact) mass is 290 g/mol. The number of carbonyl (C=O) groups excluding carboxylic acids is 1. The van der Waals surface area contributed by atoms with Crippen LogP contribution in [0.4, 0.5) is 0 Å². The Bertz CT molecular complexity index is 439. The van der Waals surface area contributed by atoms with Gasteiger partial charge >= 0.3 is 5.97 Å². The lowest BCUT2D eigenvalue weighted by atomic mass is 9.61. The number of ether oxygens (including phenoxy) is 1. The molecule has 5 atom stereocenters. The minimum absolute atomic E-state index is 0.125. The van der Waals surface area contributed by atoms with Crippen molar-refractivity contribution in [2.45, 2.75) is 71.8 Å². The summed E-state index contributed by atoms with van der Waals surface area (Å²) in [6.07, 6.45) is 10.3. The van der Waals surface area contributed by atoms with E-state index in [1.54, 1.807) is 0 Å². The quantitative estimate of drug-likeness (QED) is 0.554. The van der Waals surface area contributed by atoms with Gasteiger partial charge in [0.1, 0.15) is 6.10 Å². The number of hydrogen-bond donors (Lipinski definition) is 0. The van der Waals surface area contributed by atoms with Gasteiger partial charge in [0.25, 0.3) is 0 Å². The normalized spacial score (nSPS) is 44.5. The standard InChI is InChI=1S/C19H30O2/c1-5-17(20)21-15-8-6-7-13(11-15)16-12-14-9-10-19(16,4)18(14,2)3/h5,13-16H,1,6-12H2,2-4H3/t13-,14+,15+,16-,19+/m0/s1. The molecule has 2 nitrogen and oxygen atoms in total. The van der Waals surface area contributed by atoms with E-state index in [4.69, 9.17) is 4.74 Å². The first-order valence-electron chi connectivity index (χ1n) is 8.71. The molecule has 0 aromatic rings. The largest absolute Gasteiger partial charge is 0.459 e. The predicted molar refractivity (Wildman–Crippen MR) is 84.8 cm³/mol. The molecule has 0 aromatic carbocycles. The van der Waals surface area contributed by atoms with Crippen LogP contribution in [-0.2, 0) is 9.53 Å². The fourth-order valence-corrected chi connectivity index (χ4v) is 5.84. The van der Waals surface area contributed by atoms with Crippen LogP contribution in [0.1, 0.15) is 65.7 Å². The second-order valence-corrected chi connectivity index (χ2v) is 8.41. The predicted octanol–water partition coefficient (Wildman–Crippen LogP) is 4.74. The fourth-order valence-electron chi connectivity index (χ4n) is 5.84. The van der Waals surface area contributed by atoms with Crippen molar-refractivity contribution in [2.24, 2.45) is 28.6 Å². The Kier molecular flexibility index (Phi) is 3.70. The molecule has 3 aliphatic rings. The molecule has 3 aliphatic carbocycles. The molecule has 0 N–H and O–H groups in total. The van der Waals surface area contributed by atoms with Crippen LogP contribution in [0.3, 0.4) is 0 Å². The van der Waals surface area contributed by atoms with Crippen molar-refractivity contribution >= 4 is 5.97 Å². The Balaban J connectivity index is 1.70. The van der Waals surface area contributed by atoms with Crippen LogP contribution in [0.5, 0.6) is 0 Å². The molecule has 3 saturated carbocycles. The molecule has 0 amide bonds. The van der Waals surface area contributed by atoms with E-state index >= 15 is 0 Å². The van der Waals surface area contributed by atoms with Gasteiger partial charge in [-0.1, -0.05) is 27.4 Å². The van der Waals surface area contributed by atoms with E-state index in [0.29, 0.717) is 10.8 Å². The highest BCUT2D eigenvalue weighted by molar-refractivity contribution is 5.81. The van der Waals surface area contributed by atoms with E-state index < -0.39 is 0 Å². The summed E-state index contributed by atoms with van der Waals surface area (Å²) in [6.45, 7) is 11.0. The zero-order valence-corrected chi connectivity index (χ0v) is 13.9. The summed E-state index contributed by atoms with van der Waals surface area (Å²) in [4.78, 5) is 11.5. The number of rotatable bonds is 3. The van der Waals surface area contributed by atoms with Crippen molar-refractivity contribution in [3.63, 3.8) is 0 Å². The van der Waals surface area contributed by atoms with E-state index in [0.717, 1.165) is 30.6 Å². The molecular weight excluding hydrogens is 260 g/mol. The summed E-state index contributed by atoms with van der Waals surface area (Å²) in [5, 5.41) is 0. The smallest absolute Gasteiger partial charge is 0.330 e. The molecule has 21 heavy (non-hydrogen) atoms. The van der Waals surface area contributed by atoms with Crippen molar-refractivity contribution < 1.29 is 9.53 Å². The Hall–Kier alpha value is -0.790. The highest BCUT2D eigenvalue weighted by atomic mass is 16.5. The van der Waals surface area contributed by atoms with Crippen LogP contribution in [0.25, 0.3) is 0 Å². The Morgan fingerprint density at radius 3 is 2.52 bits per heavy atom. The third-order valence-electron chi connectivity index (χ3n) is 7.55. The van der Waals surface area contributed by atoms with Gasteiger partial charge in [-0.15, -0.1) is 0 Å². The zero-order valence-electron chi connectivity index (χ0n) is 13.9. The topological polar surface area (TPSA) is 26.3 Å². The van der Waals surface area contributed by atoms with Gasteiger partial charge in [0, 0.05) is 6.08 Å². The molecule has 2 heteroatoms. The molecule has 3 rings (SSSR count). The second-order valence-electron chi connectivity index (χ2n) is 8.41. The molecular formula is C19H30O2. The second kappa shape index (κ2) is 5.14. The van der Waals surface area contributed by atoms with E-state index in [-0.39, 0.29) is 12.1 Å². The molecule has 0 aliphatic heterocycles. The van der Waals surface area contributed by atoms with Crippen LogP contribution in [0.15, 0.2) is 12.7 Å². The van der Waals surface area contributed by atoms with Gasteiger partial charge in [-0.2, -0.15) is 0 Å². The highest BCUT2D eigenvalue weighted by Gasteiger charge is 2.62. The van der Waals surface area contributed by atoms with Gasteiger partial charge in [-0.25, -0.2) is 4.79 Å². The summed E-state index contributed by atoms with van der Waals surface area (Å²) in [7, 11) is 0. The molecule has 3 fully saturated rings. The number of esters is 1. The SMILES string of the molecule is C=CC(=O)O[C@@H]1CCC[C@H]([C@@H]2C[C@H]3CC[C@@]2(C)C3(C)C)C1. The lowest BCUT2D eigenvalue weighted by Gasteiger charge is -2.45. The van der Waals surface area contributed by atoms with E-state index in [9.17, 15) is 4.79 Å². The maximum absolute atomic E-state index is 11.5. The van der Waals surface area contributed by atoms with Gasteiger partial charge in [0.2, 0.25) is 0 Å². The van der Waals surface area contributed by atoms with Crippen molar-refractivity contribution in [3.8, 4) is 0 Å². The van der Waals surface area contributed by atoms with Crippen LogP contribution in [-0.4, -0.2) is 12.1 Å². The summed E-state index contributed by atoms with van der Waals surface area (Å²) in [5.41, 5.74) is 0.981. The van der Waals surface area contributed by atoms with E-state index in [2.05, 4.69) is 27.4 Å². The lowest BCUT2D eigenvalue weighted by molar-refractivity contribution is -0.146. The maximum Gasteiger partial charge on any atom is 0.330 e. The fraction of sp³-hybridized carbons (Fsp3) is 0.842. The minimum atomic E-state index is -0.250. The van der Waals surface area contributed by atoms with Crippen molar-refractivity contribution in [3.05, 3.63) is 12.7 Å². The Morgan fingerprint density at radius 1 is 1.19 bits per heavy atom. The number of carbonyl (C=O) groups is 1. The summed E-state index contributed by atoms with van der Waals surface area (Å²) in [6, 6.07) is 0. The third kappa shape index (κ3) is 2.26. The van der Waals surface area contributed by atoms with E-state index in [1.807, 2.05) is 0 Å². The van der Waals surface area contributed by atoms with E-state index in [1.165, 1.54) is 38.2 Å². The Morgan fingerprint density at radius 2 is 1.95 bits per heavy atom. The molecule has 2 bridgehead atoms. The first-order valence-corrected chi connectivity index (χ1v) is 8.71. The molecule has 0 unspecified atom stereocenters. The highest BCUT2D eigenvalue weighted by Crippen LogP contribution is 2.70. The van der Waals surface area contributed by atoms with Crippen molar-refractivity contribution in [2.75, 3.05) is 0 Å².